The van der Waals surface area contributed by atoms with Crippen molar-refractivity contribution in [3.8, 4) is 0 Å². The molecule has 21 nitrogen and oxygen atoms in total. The number of phosphoric acid groups is 1. The summed E-state index contributed by atoms with van der Waals surface area (Å²) in [6.45, 7) is 11.1. The summed E-state index contributed by atoms with van der Waals surface area (Å²) >= 11 is 0. The minimum absolute atomic E-state index is 0.125. The van der Waals surface area contributed by atoms with Crippen LogP contribution in [0.1, 0.15) is 408 Å². The lowest BCUT2D eigenvalue weighted by atomic mass is 9.95. The number of rotatable bonds is 73. The molecule has 604 valence electrons. The number of carbonyl (C=O) groups excluding carboxylic acids is 6. The van der Waals surface area contributed by atoms with Crippen molar-refractivity contribution in [1.82, 2.24) is 10.6 Å². The number of carboxylic acid groups (broad SMARTS) is 1. The van der Waals surface area contributed by atoms with Gasteiger partial charge in [0.05, 0.1) is 32.5 Å². The number of hydrogen-bond donors (Lipinski definition) is 6. The number of phosphoric ester groups is 1. The third kappa shape index (κ3) is 55.4. The summed E-state index contributed by atoms with van der Waals surface area (Å²) in [5.74, 6) is -5.54. The molecule has 1 saturated heterocycles. The summed E-state index contributed by atoms with van der Waals surface area (Å²) in [6.07, 6.45) is 38.1. The van der Waals surface area contributed by atoms with Gasteiger partial charge in [-0.25, -0.2) is 9.36 Å². The Balaban J connectivity index is 3.85. The van der Waals surface area contributed by atoms with Crippen LogP contribution < -0.4 is 10.6 Å². The zero-order valence-electron chi connectivity index (χ0n) is 65.8. The highest BCUT2D eigenvalue weighted by Gasteiger charge is 2.52. The van der Waals surface area contributed by atoms with Crippen molar-refractivity contribution < 1.29 is 91.1 Å². The van der Waals surface area contributed by atoms with Crippen LogP contribution in [0, 0.1) is 0 Å². The second-order valence-electron chi connectivity index (χ2n) is 29.5. The Kier molecular flexibility index (Phi) is 62.8. The van der Waals surface area contributed by atoms with E-state index >= 15 is 0 Å². The number of ether oxygens (including phenoxy) is 6. The van der Waals surface area contributed by atoms with Gasteiger partial charge in [-0.05, 0) is 57.8 Å². The summed E-state index contributed by atoms with van der Waals surface area (Å²) < 4.78 is 54.9. The molecule has 1 fully saturated rings. The predicted molar refractivity (Wildman–Crippen MR) is 407 cm³/mol. The van der Waals surface area contributed by atoms with E-state index in [0.717, 1.165) is 225 Å². The lowest BCUT2D eigenvalue weighted by molar-refractivity contribution is -0.272. The molecule has 1 aliphatic heterocycles. The number of nitrogens with one attached hydrogen (secondary N) is 2. The lowest BCUT2D eigenvalue weighted by Gasteiger charge is -2.45. The van der Waals surface area contributed by atoms with Crippen molar-refractivity contribution in [2.45, 2.75) is 463 Å². The zero-order valence-corrected chi connectivity index (χ0v) is 66.7. The largest absolute Gasteiger partial charge is 0.480 e. The molecule has 0 radical (unpaired) electrons. The van der Waals surface area contributed by atoms with E-state index in [1.807, 2.05) is 0 Å². The first kappa shape index (κ1) is 97.3. The minimum Gasteiger partial charge on any atom is -0.480 e. The number of aliphatic carboxylic acids is 1. The molecule has 0 bridgehead atoms. The SMILES string of the molecule is CCCCCCCCCCC[C@H](CC(=O)N[C@H](COC1O[C@H](CO)[C@@H](OP(=O)(O)O)[C@H](OC(=O)C[C@@H](CCCCCCCCCCC)OC(=O)CCCCCCCCC)[C@H]1NC(=O)C[C@@H](CCCCCCCCCCC)OC(=O)CCCCCCCCC)C(=O)O)OC(=O)CCCCCCCCC. The van der Waals surface area contributed by atoms with Gasteiger partial charge in [0.15, 0.2) is 18.4 Å². The average Bonchev–Trinajstić information content (AvgIpc) is 0.781. The second kappa shape index (κ2) is 66.5. The molecule has 0 aromatic heterocycles. The highest BCUT2D eigenvalue weighted by atomic mass is 31.2. The van der Waals surface area contributed by atoms with E-state index in [2.05, 4.69) is 52.2 Å². The molecule has 9 atom stereocenters. The Morgan fingerprint density at radius 1 is 0.398 bits per heavy atom. The molecule has 6 N–H and O–H groups in total. The summed E-state index contributed by atoms with van der Waals surface area (Å²) in [4.78, 5) is 118. The van der Waals surface area contributed by atoms with Gasteiger partial charge < -0.3 is 59.1 Å². The van der Waals surface area contributed by atoms with E-state index in [4.69, 9.17) is 32.9 Å². The fraction of sp³-hybridized carbons (Fsp3) is 0.914. The first-order chi connectivity index (χ1) is 49.8. The third-order valence-corrected chi connectivity index (χ3v) is 20.2. The van der Waals surface area contributed by atoms with E-state index in [-0.39, 0.29) is 32.1 Å². The maximum absolute atomic E-state index is 14.8. The Bertz CT molecular complexity index is 2170. The molecule has 1 unspecified atom stereocenters. The van der Waals surface area contributed by atoms with Gasteiger partial charge in [-0.15, -0.1) is 0 Å². The van der Waals surface area contributed by atoms with E-state index in [1.165, 1.54) is 44.9 Å². The van der Waals surface area contributed by atoms with Crippen LogP contribution in [0.4, 0.5) is 0 Å². The van der Waals surface area contributed by atoms with Crippen molar-refractivity contribution in [1.29, 1.82) is 0 Å². The number of aliphatic hydroxyl groups excluding tert-OH is 1. The highest BCUT2D eigenvalue weighted by molar-refractivity contribution is 7.46. The van der Waals surface area contributed by atoms with E-state index < -0.39 is 131 Å². The Hall–Kier alpha value is -3.72. The van der Waals surface area contributed by atoms with Crippen LogP contribution in [0.25, 0.3) is 0 Å². The van der Waals surface area contributed by atoms with Gasteiger partial charge in [-0.3, -0.25) is 33.3 Å². The van der Waals surface area contributed by atoms with Crippen molar-refractivity contribution in [3.05, 3.63) is 0 Å². The van der Waals surface area contributed by atoms with Crippen LogP contribution in [0.2, 0.25) is 0 Å². The van der Waals surface area contributed by atoms with Crippen molar-refractivity contribution >= 4 is 49.5 Å². The predicted octanol–water partition coefficient (Wildman–Crippen LogP) is 19.3. The van der Waals surface area contributed by atoms with Gasteiger partial charge in [-0.2, -0.15) is 0 Å². The summed E-state index contributed by atoms with van der Waals surface area (Å²) in [7, 11) is -5.56. The van der Waals surface area contributed by atoms with E-state index in [0.29, 0.717) is 51.4 Å². The second-order valence-corrected chi connectivity index (χ2v) is 30.7. The van der Waals surface area contributed by atoms with Gasteiger partial charge in [-0.1, -0.05) is 311 Å². The van der Waals surface area contributed by atoms with E-state index in [9.17, 15) is 58.1 Å². The quantitative estimate of drug-likeness (QED) is 0.0143. The molecule has 0 aromatic carbocycles. The van der Waals surface area contributed by atoms with Gasteiger partial charge in [0, 0.05) is 19.3 Å². The molecule has 0 saturated carbocycles. The van der Waals surface area contributed by atoms with Gasteiger partial charge in [0.1, 0.15) is 36.6 Å². The number of unbranched alkanes of at least 4 members (excludes halogenated alkanes) is 42. The Morgan fingerprint density at radius 3 is 1.01 bits per heavy atom. The van der Waals surface area contributed by atoms with Gasteiger partial charge in [0.2, 0.25) is 11.8 Å². The molecule has 0 aliphatic carbocycles. The number of carbonyl (C=O) groups is 7. The normalized spacial score (nSPS) is 17.3. The van der Waals surface area contributed by atoms with Crippen molar-refractivity contribution in [3.63, 3.8) is 0 Å². The fourth-order valence-electron chi connectivity index (χ4n) is 13.5. The first-order valence-electron chi connectivity index (χ1n) is 42.1. The van der Waals surface area contributed by atoms with Gasteiger partial charge >= 0.3 is 37.7 Å². The van der Waals surface area contributed by atoms with Crippen molar-refractivity contribution in [2.75, 3.05) is 13.2 Å². The molecular formula is C81H151N2O19P. The number of amides is 2. The van der Waals surface area contributed by atoms with Crippen LogP contribution in [0.5, 0.6) is 0 Å². The smallest absolute Gasteiger partial charge is 0.470 e. The molecular weight excluding hydrogens is 1340 g/mol. The summed E-state index contributed by atoms with van der Waals surface area (Å²) in [6, 6.07) is -3.60. The molecule has 1 aliphatic rings. The maximum Gasteiger partial charge on any atom is 0.470 e. The van der Waals surface area contributed by atoms with Gasteiger partial charge in [0.25, 0.3) is 0 Å². The van der Waals surface area contributed by atoms with E-state index in [1.54, 1.807) is 0 Å². The van der Waals surface area contributed by atoms with Crippen molar-refractivity contribution in [2.24, 2.45) is 0 Å². The molecule has 0 spiro atoms. The molecule has 2 amide bonds. The monoisotopic (exact) mass is 1490 g/mol. The molecule has 1 rings (SSSR count). The summed E-state index contributed by atoms with van der Waals surface area (Å²) in [5.41, 5.74) is 0. The highest BCUT2D eigenvalue weighted by Crippen LogP contribution is 2.42. The van der Waals surface area contributed by atoms with Crippen LogP contribution in [-0.2, 0) is 71.1 Å². The van der Waals surface area contributed by atoms with Crippen LogP contribution >= 0.6 is 7.82 Å². The molecule has 0 aromatic rings. The number of carboxylic acids is 1. The number of esters is 4. The molecule has 22 heteroatoms. The number of aliphatic hydroxyl groups is 1. The molecule has 103 heavy (non-hydrogen) atoms. The average molecular weight is 1490 g/mol. The fourth-order valence-corrected chi connectivity index (χ4v) is 14.1. The summed E-state index contributed by atoms with van der Waals surface area (Å²) in [5, 5.41) is 26.9. The topological polar surface area (TPSA) is 306 Å². The van der Waals surface area contributed by atoms with Crippen LogP contribution in [0.3, 0.4) is 0 Å². The minimum atomic E-state index is -5.56. The molecule has 1 heterocycles. The van der Waals surface area contributed by atoms with Crippen LogP contribution in [0.15, 0.2) is 0 Å². The van der Waals surface area contributed by atoms with Crippen LogP contribution in [-0.4, -0.2) is 130 Å². The third-order valence-electron chi connectivity index (χ3n) is 19.7. The Morgan fingerprint density at radius 2 is 0.699 bits per heavy atom. The first-order valence-corrected chi connectivity index (χ1v) is 43.6. The lowest BCUT2D eigenvalue weighted by Crippen LogP contribution is -2.66. The zero-order chi connectivity index (χ0) is 75.8. The standard InChI is InChI=1S/C81H151N2O19P/c1-7-13-19-25-31-34-40-43-49-55-66(97-73(87)58-52-46-37-28-22-16-10-4)61-71(85)82-69(80(91)92)65-96-81-77(83-72(86)62-67(56-50-44-41-35-32-26-20-14-8-2)98-74(88)59-53-47-38-29-23-17-11-5)79(78(70(64-84)100-81)102-103(93,94)95)101-76(90)63-68(57-51-45-42-36-33-27-21-15-9-3)99-75(89)60-54-48-39-30-24-18-12-6/h66-70,77-79,81,84H,7-65H2,1-6H3,(H,82,85)(H,83,86)(H,91,92)(H2,93,94,95)/t66-,67-,68-,69-,70-,77-,78-,79-,81?/m1/s1. The maximum atomic E-state index is 14.8. The number of hydrogen-bond acceptors (Lipinski definition) is 16. The Labute approximate surface area is 624 Å².